The number of hydrogen-bond acceptors (Lipinski definition) is 2. The highest BCUT2D eigenvalue weighted by Crippen LogP contribution is 1.71. The first-order valence-electron chi connectivity index (χ1n) is 3.31. The zero-order valence-corrected chi connectivity index (χ0v) is 6.02. The van der Waals surface area contributed by atoms with Crippen molar-refractivity contribution in [2.45, 2.75) is 6.92 Å². The molecule has 0 aromatic carbocycles. The smallest absolute Gasteiger partial charge is 0.0645 e. The van der Waals surface area contributed by atoms with Crippen LogP contribution in [0.25, 0.3) is 0 Å². The molecule has 0 rings (SSSR count). The normalized spacial score (nSPS) is 9.44. The number of likely N-dealkylation sites (N-methyl/N-ethyl adjacent to an activating group) is 1. The standard InChI is InChI=1S/C7H15NO/c1-3-6-9-7-5-8-4-2/h3,8H,1,4-7H2,2H3. The van der Waals surface area contributed by atoms with E-state index in [2.05, 4.69) is 18.8 Å². The monoisotopic (exact) mass is 129 g/mol. The summed E-state index contributed by atoms with van der Waals surface area (Å²) in [6.45, 7) is 8.99. The molecule has 0 unspecified atom stereocenters. The van der Waals surface area contributed by atoms with Gasteiger partial charge >= 0.3 is 0 Å². The lowest BCUT2D eigenvalue weighted by Gasteiger charge is -1.99. The van der Waals surface area contributed by atoms with Crippen LogP contribution in [0.1, 0.15) is 6.92 Å². The van der Waals surface area contributed by atoms with Crippen molar-refractivity contribution in [3.8, 4) is 0 Å². The second-order valence-electron chi connectivity index (χ2n) is 1.72. The Hall–Kier alpha value is -0.340. The second-order valence-corrected chi connectivity index (χ2v) is 1.72. The molecule has 0 saturated carbocycles. The SMILES string of the molecule is C=CCOCCNCC. The predicted octanol–water partition coefficient (Wildman–Crippen LogP) is 0.798. The largest absolute Gasteiger partial charge is 0.376 e. The van der Waals surface area contributed by atoms with Crippen LogP contribution >= 0.6 is 0 Å². The molecule has 0 bridgehead atoms. The van der Waals surface area contributed by atoms with Crippen LogP contribution in [0.2, 0.25) is 0 Å². The Balaban J connectivity index is 2.66. The number of nitrogens with one attached hydrogen (secondary N) is 1. The highest BCUT2D eigenvalue weighted by atomic mass is 16.5. The van der Waals surface area contributed by atoms with Crippen molar-refractivity contribution in [3.05, 3.63) is 12.7 Å². The first kappa shape index (κ1) is 8.66. The zero-order chi connectivity index (χ0) is 6.95. The lowest BCUT2D eigenvalue weighted by Crippen LogP contribution is -2.18. The van der Waals surface area contributed by atoms with Crippen molar-refractivity contribution in [3.63, 3.8) is 0 Å². The van der Waals surface area contributed by atoms with Crippen LogP contribution < -0.4 is 5.32 Å². The molecule has 0 aliphatic heterocycles. The van der Waals surface area contributed by atoms with Crippen LogP contribution in [-0.2, 0) is 4.74 Å². The fourth-order valence-electron chi connectivity index (χ4n) is 0.488. The fourth-order valence-corrected chi connectivity index (χ4v) is 0.488. The quantitative estimate of drug-likeness (QED) is 0.423. The van der Waals surface area contributed by atoms with Gasteiger partial charge < -0.3 is 10.1 Å². The van der Waals surface area contributed by atoms with Gasteiger partial charge in [0.15, 0.2) is 0 Å². The molecule has 0 aromatic heterocycles. The number of ether oxygens (including phenoxy) is 1. The summed E-state index contributed by atoms with van der Waals surface area (Å²) in [7, 11) is 0. The minimum absolute atomic E-state index is 0.658. The Labute approximate surface area is 56.9 Å². The highest BCUT2D eigenvalue weighted by molar-refractivity contribution is 4.63. The van der Waals surface area contributed by atoms with Gasteiger partial charge in [-0.15, -0.1) is 6.58 Å². The molecule has 1 N–H and O–H groups in total. The third kappa shape index (κ3) is 7.66. The van der Waals surface area contributed by atoms with Gasteiger partial charge in [0.25, 0.3) is 0 Å². The van der Waals surface area contributed by atoms with Gasteiger partial charge in [-0.3, -0.25) is 0 Å². The van der Waals surface area contributed by atoms with E-state index in [0.29, 0.717) is 6.61 Å². The molecule has 9 heavy (non-hydrogen) atoms. The molecule has 0 fully saturated rings. The van der Waals surface area contributed by atoms with Gasteiger partial charge in [-0.05, 0) is 6.54 Å². The van der Waals surface area contributed by atoms with E-state index in [-0.39, 0.29) is 0 Å². The van der Waals surface area contributed by atoms with Crippen LogP contribution in [0.15, 0.2) is 12.7 Å². The number of rotatable bonds is 6. The third-order valence-electron chi connectivity index (χ3n) is 0.909. The van der Waals surface area contributed by atoms with E-state index in [1.165, 1.54) is 0 Å². The molecule has 2 heteroatoms. The number of hydrogen-bond donors (Lipinski definition) is 1. The van der Waals surface area contributed by atoms with E-state index in [1.807, 2.05) is 0 Å². The highest BCUT2D eigenvalue weighted by Gasteiger charge is 1.81. The Kier molecular flexibility index (Phi) is 7.37. The summed E-state index contributed by atoms with van der Waals surface area (Å²) >= 11 is 0. The maximum absolute atomic E-state index is 5.10. The average Bonchev–Trinajstić information content (AvgIpc) is 1.89. The molecule has 54 valence electrons. The van der Waals surface area contributed by atoms with E-state index in [9.17, 15) is 0 Å². The second kappa shape index (κ2) is 7.66. The minimum atomic E-state index is 0.658. The minimum Gasteiger partial charge on any atom is -0.376 e. The van der Waals surface area contributed by atoms with E-state index in [1.54, 1.807) is 6.08 Å². The maximum Gasteiger partial charge on any atom is 0.0645 e. The van der Waals surface area contributed by atoms with Crippen molar-refractivity contribution >= 4 is 0 Å². The van der Waals surface area contributed by atoms with Crippen LogP contribution in [-0.4, -0.2) is 26.3 Å². The molecule has 0 saturated heterocycles. The van der Waals surface area contributed by atoms with Gasteiger partial charge in [0.2, 0.25) is 0 Å². The molecule has 2 nitrogen and oxygen atoms in total. The molecule has 0 aliphatic rings. The molecule has 0 aliphatic carbocycles. The molecule has 0 heterocycles. The summed E-state index contributed by atoms with van der Waals surface area (Å²) in [5.74, 6) is 0. The average molecular weight is 129 g/mol. The zero-order valence-electron chi connectivity index (χ0n) is 6.02. The Bertz CT molecular complexity index is 63.9. The Morgan fingerprint density at radius 3 is 3.00 bits per heavy atom. The van der Waals surface area contributed by atoms with E-state index in [0.717, 1.165) is 19.7 Å². The van der Waals surface area contributed by atoms with Crippen molar-refractivity contribution in [2.24, 2.45) is 0 Å². The first-order chi connectivity index (χ1) is 4.41. The summed E-state index contributed by atoms with van der Waals surface area (Å²) in [6.07, 6.45) is 1.76. The van der Waals surface area contributed by atoms with Gasteiger partial charge in [-0.2, -0.15) is 0 Å². The van der Waals surface area contributed by atoms with Crippen LogP contribution in [0.5, 0.6) is 0 Å². The van der Waals surface area contributed by atoms with Crippen LogP contribution in [0.4, 0.5) is 0 Å². The summed E-state index contributed by atoms with van der Waals surface area (Å²) < 4.78 is 5.10. The molecule has 0 atom stereocenters. The van der Waals surface area contributed by atoms with Crippen LogP contribution in [0.3, 0.4) is 0 Å². The van der Waals surface area contributed by atoms with Crippen LogP contribution in [0, 0.1) is 0 Å². The van der Waals surface area contributed by atoms with Gasteiger partial charge in [-0.25, -0.2) is 0 Å². The van der Waals surface area contributed by atoms with Gasteiger partial charge in [0.1, 0.15) is 0 Å². The third-order valence-corrected chi connectivity index (χ3v) is 0.909. The molecular formula is C7H15NO. The predicted molar refractivity (Wildman–Crippen MR) is 39.6 cm³/mol. The van der Waals surface area contributed by atoms with Crippen molar-refractivity contribution < 1.29 is 4.74 Å². The van der Waals surface area contributed by atoms with Gasteiger partial charge in [-0.1, -0.05) is 13.0 Å². The fraction of sp³-hybridized carbons (Fsp3) is 0.714. The summed E-state index contributed by atoms with van der Waals surface area (Å²) in [5.41, 5.74) is 0. The van der Waals surface area contributed by atoms with E-state index < -0.39 is 0 Å². The summed E-state index contributed by atoms with van der Waals surface area (Å²) in [4.78, 5) is 0. The van der Waals surface area contributed by atoms with Crippen molar-refractivity contribution in [2.75, 3.05) is 26.3 Å². The summed E-state index contributed by atoms with van der Waals surface area (Å²) in [5, 5.41) is 3.15. The van der Waals surface area contributed by atoms with Crippen molar-refractivity contribution in [1.29, 1.82) is 0 Å². The van der Waals surface area contributed by atoms with E-state index >= 15 is 0 Å². The Morgan fingerprint density at radius 2 is 2.44 bits per heavy atom. The first-order valence-corrected chi connectivity index (χ1v) is 3.31. The lowest BCUT2D eigenvalue weighted by atomic mass is 10.6. The molecule has 0 radical (unpaired) electrons. The molecule has 0 spiro atoms. The maximum atomic E-state index is 5.10. The topological polar surface area (TPSA) is 21.3 Å². The van der Waals surface area contributed by atoms with Crippen molar-refractivity contribution in [1.82, 2.24) is 5.32 Å². The Morgan fingerprint density at radius 1 is 1.67 bits per heavy atom. The van der Waals surface area contributed by atoms with Gasteiger partial charge in [0, 0.05) is 6.54 Å². The summed E-state index contributed by atoms with van der Waals surface area (Å²) in [6, 6.07) is 0. The molecular weight excluding hydrogens is 114 g/mol. The van der Waals surface area contributed by atoms with E-state index in [4.69, 9.17) is 4.74 Å². The lowest BCUT2D eigenvalue weighted by molar-refractivity contribution is 0.164. The molecule has 0 amide bonds. The van der Waals surface area contributed by atoms with Gasteiger partial charge in [0.05, 0.1) is 13.2 Å². The molecule has 0 aromatic rings.